The Kier molecular flexibility index (Phi) is 8.28. The topological polar surface area (TPSA) is 95.1 Å². The van der Waals surface area contributed by atoms with Gasteiger partial charge in [0.05, 0.1) is 21.3 Å². The van der Waals surface area contributed by atoms with E-state index in [1.807, 2.05) is 0 Å². The molecule has 0 bridgehead atoms. The molecular formula is C21H25FN2O6. The molecule has 0 saturated heterocycles. The molecule has 9 heteroatoms. The van der Waals surface area contributed by atoms with Gasteiger partial charge < -0.3 is 18.9 Å². The van der Waals surface area contributed by atoms with Gasteiger partial charge >= 0.3 is 0 Å². The Morgan fingerprint density at radius 3 is 2.10 bits per heavy atom. The van der Waals surface area contributed by atoms with Gasteiger partial charge in [-0.05, 0) is 55.3 Å². The third-order valence-electron chi connectivity index (χ3n) is 4.19. The zero-order chi connectivity index (χ0) is 22.1. The van der Waals surface area contributed by atoms with Gasteiger partial charge in [0.1, 0.15) is 11.6 Å². The molecular weight excluding hydrogens is 395 g/mol. The van der Waals surface area contributed by atoms with Crippen molar-refractivity contribution in [1.29, 1.82) is 0 Å². The highest BCUT2D eigenvalue weighted by atomic mass is 19.1. The molecule has 0 aromatic heterocycles. The Bertz CT molecular complexity index is 847. The molecule has 2 amide bonds. The van der Waals surface area contributed by atoms with Crippen LogP contribution < -0.4 is 29.8 Å². The molecule has 0 radical (unpaired) electrons. The molecule has 2 rings (SSSR count). The summed E-state index contributed by atoms with van der Waals surface area (Å²) >= 11 is 0. The molecule has 8 nitrogen and oxygen atoms in total. The van der Waals surface area contributed by atoms with Crippen LogP contribution in [0.5, 0.6) is 23.0 Å². The van der Waals surface area contributed by atoms with Crippen LogP contribution in [0.1, 0.15) is 18.9 Å². The Labute approximate surface area is 174 Å². The maximum absolute atomic E-state index is 12.9. The van der Waals surface area contributed by atoms with Crippen LogP contribution in [0.15, 0.2) is 36.4 Å². The maximum Gasteiger partial charge on any atom is 0.279 e. The summed E-state index contributed by atoms with van der Waals surface area (Å²) in [6, 6.07) is 8.79. The molecule has 0 aliphatic carbocycles. The van der Waals surface area contributed by atoms with Crippen molar-refractivity contribution in [1.82, 2.24) is 10.9 Å². The summed E-state index contributed by atoms with van der Waals surface area (Å²) in [7, 11) is 4.54. The maximum atomic E-state index is 12.9. The monoisotopic (exact) mass is 420 g/mol. The number of hydrogen-bond donors (Lipinski definition) is 2. The van der Waals surface area contributed by atoms with Gasteiger partial charge in [-0.25, -0.2) is 4.39 Å². The number of methoxy groups -OCH3 is 3. The van der Waals surface area contributed by atoms with E-state index in [9.17, 15) is 14.0 Å². The Morgan fingerprint density at radius 2 is 1.57 bits per heavy atom. The number of halogens is 1. The molecule has 0 aliphatic rings. The molecule has 0 heterocycles. The number of hydrogen-bond acceptors (Lipinski definition) is 6. The summed E-state index contributed by atoms with van der Waals surface area (Å²) in [6.07, 6.45) is -0.377. The predicted octanol–water partition coefficient (Wildman–Crippen LogP) is 2.40. The molecule has 1 atom stereocenters. The Morgan fingerprint density at radius 1 is 0.967 bits per heavy atom. The minimum absolute atomic E-state index is 0.117. The van der Waals surface area contributed by atoms with Crippen LogP contribution in [0.25, 0.3) is 0 Å². The van der Waals surface area contributed by atoms with Crippen LogP contribution in [-0.2, 0) is 16.0 Å². The first kappa shape index (κ1) is 22.8. The first-order valence-corrected chi connectivity index (χ1v) is 9.17. The molecule has 30 heavy (non-hydrogen) atoms. The van der Waals surface area contributed by atoms with Gasteiger partial charge in [-0.1, -0.05) is 0 Å². The number of benzene rings is 2. The summed E-state index contributed by atoms with van der Waals surface area (Å²) in [6.45, 7) is 1.51. The number of carbonyl (C=O) groups excluding carboxylic acids is 2. The van der Waals surface area contributed by atoms with Crippen molar-refractivity contribution in [3.63, 3.8) is 0 Å². The van der Waals surface area contributed by atoms with E-state index in [2.05, 4.69) is 10.9 Å². The largest absolute Gasteiger partial charge is 0.493 e. The molecule has 2 N–H and O–H groups in total. The van der Waals surface area contributed by atoms with E-state index in [1.54, 1.807) is 12.1 Å². The van der Waals surface area contributed by atoms with Gasteiger partial charge in [0.25, 0.3) is 5.91 Å². The summed E-state index contributed by atoms with van der Waals surface area (Å²) in [5.74, 6) is 0.466. The van der Waals surface area contributed by atoms with Crippen molar-refractivity contribution in [3.8, 4) is 23.0 Å². The van der Waals surface area contributed by atoms with Crippen molar-refractivity contribution in [2.24, 2.45) is 0 Å². The van der Waals surface area contributed by atoms with Crippen LogP contribution >= 0.6 is 0 Å². The number of rotatable bonds is 9. The minimum atomic E-state index is -0.883. The van der Waals surface area contributed by atoms with Crippen LogP contribution in [-0.4, -0.2) is 39.2 Å². The second-order valence-electron chi connectivity index (χ2n) is 6.29. The first-order chi connectivity index (χ1) is 14.4. The highest BCUT2D eigenvalue weighted by molar-refractivity contribution is 5.84. The lowest BCUT2D eigenvalue weighted by molar-refractivity contribution is -0.132. The molecule has 2 aromatic carbocycles. The number of ether oxygens (including phenoxy) is 4. The van der Waals surface area contributed by atoms with Gasteiger partial charge in [-0.3, -0.25) is 20.4 Å². The lowest BCUT2D eigenvalue weighted by atomic mass is 10.1. The predicted molar refractivity (Wildman–Crippen MR) is 107 cm³/mol. The number of amides is 2. The van der Waals surface area contributed by atoms with Crippen LogP contribution in [0, 0.1) is 5.82 Å². The van der Waals surface area contributed by atoms with Gasteiger partial charge in [0.2, 0.25) is 11.7 Å². The smallest absolute Gasteiger partial charge is 0.279 e. The molecule has 1 unspecified atom stereocenters. The SMILES string of the molecule is COc1cc(CCC(=O)NNC(=O)C(C)Oc2ccc(F)cc2)cc(OC)c1OC. The molecule has 2 aromatic rings. The zero-order valence-electron chi connectivity index (χ0n) is 17.3. The average molecular weight is 420 g/mol. The van der Waals surface area contributed by atoms with Crippen LogP contribution in [0.4, 0.5) is 4.39 Å². The third-order valence-corrected chi connectivity index (χ3v) is 4.19. The summed E-state index contributed by atoms with van der Waals surface area (Å²) in [5, 5.41) is 0. The molecule has 0 spiro atoms. The van der Waals surface area contributed by atoms with Gasteiger partial charge in [-0.15, -0.1) is 0 Å². The highest BCUT2D eigenvalue weighted by Crippen LogP contribution is 2.38. The Hall–Kier alpha value is -3.49. The van der Waals surface area contributed by atoms with Crippen LogP contribution in [0.3, 0.4) is 0 Å². The summed E-state index contributed by atoms with van der Waals surface area (Å²) < 4.78 is 34.2. The summed E-state index contributed by atoms with van der Waals surface area (Å²) in [4.78, 5) is 24.1. The van der Waals surface area contributed by atoms with E-state index in [0.717, 1.165) is 5.56 Å². The summed E-state index contributed by atoms with van der Waals surface area (Å²) in [5.41, 5.74) is 5.45. The Balaban J connectivity index is 1.84. The van der Waals surface area contributed by atoms with Gasteiger partial charge in [0.15, 0.2) is 17.6 Å². The second kappa shape index (κ2) is 10.9. The fraction of sp³-hybridized carbons (Fsp3) is 0.333. The standard InChI is InChI=1S/C21H25FN2O6/c1-13(30-16-8-6-15(22)7-9-16)21(26)24-23-19(25)10-5-14-11-17(27-2)20(29-4)18(12-14)28-3/h6-9,11-13H,5,10H2,1-4H3,(H,23,25)(H,24,26). The lowest BCUT2D eigenvalue weighted by Gasteiger charge is -2.15. The van der Waals surface area contributed by atoms with E-state index in [0.29, 0.717) is 29.4 Å². The minimum Gasteiger partial charge on any atom is -0.493 e. The van der Waals surface area contributed by atoms with E-state index in [-0.39, 0.29) is 12.3 Å². The van der Waals surface area contributed by atoms with E-state index < -0.39 is 17.8 Å². The molecule has 0 saturated carbocycles. The fourth-order valence-electron chi connectivity index (χ4n) is 2.60. The number of hydrazine groups is 1. The van der Waals surface area contributed by atoms with E-state index in [4.69, 9.17) is 18.9 Å². The molecule has 0 aliphatic heterocycles. The number of aryl methyl sites for hydroxylation is 1. The zero-order valence-corrected chi connectivity index (χ0v) is 17.3. The first-order valence-electron chi connectivity index (χ1n) is 9.17. The quantitative estimate of drug-likeness (QED) is 0.605. The third kappa shape index (κ3) is 6.26. The van der Waals surface area contributed by atoms with Crippen molar-refractivity contribution in [2.75, 3.05) is 21.3 Å². The second-order valence-corrected chi connectivity index (χ2v) is 6.29. The van der Waals surface area contributed by atoms with Crippen molar-refractivity contribution >= 4 is 11.8 Å². The van der Waals surface area contributed by atoms with Gasteiger partial charge in [0, 0.05) is 6.42 Å². The van der Waals surface area contributed by atoms with Crippen molar-refractivity contribution in [2.45, 2.75) is 25.9 Å². The van der Waals surface area contributed by atoms with E-state index in [1.165, 1.54) is 52.5 Å². The normalized spacial score (nSPS) is 11.2. The molecule has 162 valence electrons. The number of nitrogens with one attached hydrogen (secondary N) is 2. The fourth-order valence-corrected chi connectivity index (χ4v) is 2.60. The number of carbonyl (C=O) groups is 2. The molecule has 0 fully saturated rings. The van der Waals surface area contributed by atoms with Crippen molar-refractivity contribution in [3.05, 3.63) is 47.8 Å². The van der Waals surface area contributed by atoms with Gasteiger partial charge in [-0.2, -0.15) is 0 Å². The average Bonchev–Trinajstić information content (AvgIpc) is 2.76. The highest BCUT2D eigenvalue weighted by Gasteiger charge is 2.16. The van der Waals surface area contributed by atoms with E-state index >= 15 is 0 Å². The van der Waals surface area contributed by atoms with Crippen molar-refractivity contribution < 1.29 is 32.9 Å². The van der Waals surface area contributed by atoms with Crippen LogP contribution in [0.2, 0.25) is 0 Å². The lowest BCUT2D eigenvalue weighted by Crippen LogP contribution is -2.47.